The molecule has 0 radical (unpaired) electrons. The maximum Gasteiger partial charge on any atom is 0.322 e. The van der Waals surface area contributed by atoms with Crippen molar-refractivity contribution in [3.05, 3.63) is 5.28 Å². The molecule has 0 saturated carbocycles. The van der Waals surface area contributed by atoms with Gasteiger partial charge in [-0.05, 0) is 11.6 Å². The molecule has 7 nitrogen and oxygen atoms in total. The van der Waals surface area contributed by atoms with Crippen LogP contribution in [0.2, 0.25) is 5.28 Å². The molecule has 1 fully saturated rings. The number of methoxy groups -OCH3 is 1. The second kappa shape index (κ2) is 5.80. The van der Waals surface area contributed by atoms with Crippen LogP contribution in [-0.4, -0.2) is 59.7 Å². The minimum Gasteiger partial charge on any atom is -0.467 e. The lowest BCUT2D eigenvalue weighted by Gasteiger charge is -2.33. The predicted molar refractivity (Wildman–Crippen MR) is 65.7 cm³/mol. The van der Waals surface area contributed by atoms with Crippen LogP contribution in [0.3, 0.4) is 0 Å². The Morgan fingerprint density at radius 3 is 2.61 bits per heavy atom. The van der Waals surface area contributed by atoms with E-state index >= 15 is 0 Å². The van der Waals surface area contributed by atoms with E-state index in [-0.39, 0.29) is 11.3 Å². The Labute approximate surface area is 110 Å². The minimum absolute atomic E-state index is 0.122. The van der Waals surface area contributed by atoms with Gasteiger partial charge < -0.3 is 9.64 Å². The summed E-state index contributed by atoms with van der Waals surface area (Å²) in [6, 6.07) is 2.36. The van der Waals surface area contributed by atoms with Crippen molar-refractivity contribution >= 4 is 17.5 Å². The molecule has 0 amide bonds. The van der Waals surface area contributed by atoms with Gasteiger partial charge in [0.05, 0.1) is 19.7 Å². The number of ether oxygens (including phenoxy) is 1. The van der Waals surface area contributed by atoms with E-state index < -0.39 is 0 Å². The summed E-state index contributed by atoms with van der Waals surface area (Å²) in [6.45, 7) is 3.57. The van der Waals surface area contributed by atoms with Gasteiger partial charge in [0.2, 0.25) is 11.2 Å². The Morgan fingerprint density at radius 2 is 2.00 bits per heavy atom. The van der Waals surface area contributed by atoms with Gasteiger partial charge in [0.25, 0.3) is 0 Å². The third kappa shape index (κ3) is 2.97. The molecule has 0 aromatic carbocycles. The average molecular weight is 269 g/mol. The maximum absolute atomic E-state index is 8.63. The summed E-state index contributed by atoms with van der Waals surface area (Å²) in [5.74, 6) is 0.517. The molecule has 96 valence electrons. The zero-order valence-corrected chi connectivity index (χ0v) is 10.8. The molecule has 18 heavy (non-hydrogen) atoms. The summed E-state index contributed by atoms with van der Waals surface area (Å²) in [6.07, 6.45) is 0. The fraction of sp³-hybridized carbons (Fsp3) is 0.600. The zero-order chi connectivity index (χ0) is 13.0. The summed E-state index contributed by atoms with van der Waals surface area (Å²) in [4.78, 5) is 16.2. The van der Waals surface area contributed by atoms with Crippen LogP contribution in [0, 0.1) is 11.3 Å². The molecule has 1 aliphatic heterocycles. The Kier molecular flexibility index (Phi) is 4.12. The Morgan fingerprint density at radius 1 is 1.28 bits per heavy atom. The van der Waals surface area contributed by atoms with Crippen molar-refractivity contribution in [1.82, 2.24) is 19.9 Å². The largest absolute Gasteiger partial charge is 0.467 e. The lowest BCUT2D eigenvalue weighted by molar-refractivity contribution is 0.285. The van der Waals surface area contributed by atoms with E-state index in [4.69, 9.17) is 21.6 Å². The molecular formula is C10H13ClN6O. The zero-order valence-electron chi connectivity index (χ0n) is 10.0. The first-order valence-electron chi connectivity index (χ1n) is 5.52. The molecule has 1 aromatic rings. The second-order valence-corrected chi connectivity index (χ2v) is 4.15. The number of nitrogens with zero attached hydrogens (tertiary/aromatic N) is 6. The van der Waals surface area contributed by atoms with Crippen molar-refractivity contribution in [1.29, 1.82) is 5.26 Å². The van der Waals surface area contributed by atoms with Gasteiger partial charge in [-0.2, -0.15) is 20.2 Å². The van der Waals surface area contributed by atoms with Crippen molar-refractivity contribution in [2.45, 2.75) is 0 Å². The summed E-state index contributed by atoms with van der Waals surface area (Å²) >= 11 is 5.80. The van der Waals surface area contributed by atoms with Gasteiger partial charge >= 0.3 is 6.01 Å². The normalized spacial score (nSPS) is 16.4. The van der Waals surface area contributed by atoms with E-state index in [2.05, 4.69) is 25.9 Å². The Bertz CT molecular complexity index is 454. The Hall–Kier alpha value is -1.65. The summed E-state index contributed by atoms with van der Waals surface area (Å²) in [5.41, 5.74) is 0. The van der Waals surface area contributed by atoms with Crippen molar-refractivity contribution in [2.24, 2.45) is 0 Å². The fourth-order valence-corrected chi connectivity index (χ4v) is 1.91. The number of rotatable bonds is 3. The lowest BCUT2D eigenvalue weighted by Crippen LogP contribution is -2.47. The van der Waals surface area contributed by atoms with Gasteiger partial charge in [-0.3, -0.25) is 4.90 Å². The standard InChI is InChI=1S/C10H13ClN6O/c1-18-10-14-8(11)13-9(15-10)17-6-4-16(3-2-12)5-7-17/h3-7H2,1H3. The highest BCUT2D eigenvalue weighted by atomic mass is 35.5. The lowest BCUT2D eigenvalue weighted by atomic mass is 10.3. The van der Waals surface area contributed by atoms with Crippen LogP contribution in [0.4, 0.5) is 5.95 Å². The summed E-state index contributed by atoms with van der Waals surface area (Å²) in [5, 5.41) is 8.76. The first kappa shape index (κ1) is 12.8. The molecule has 1 aliphatic rings. The van der Waals surface area contributed by atoms with E-state index in [0.717, 1.165) is 26.2 Å². The van der Waals surface area contributed by atoms with E-state index in [1.807, 2.05) is 4.90 Å². The molecule has 0 atom stereocenters. The molecule has 0 unspecified atom stereocenters. The highest BCUT2D eigenvalue weighted by Gasteiger charge is 2.20. The number of hydrogen-bond acceptors (Lipinski definition) is 7. The number of anilines is 1. The van der Waals surface area contributed by atoms with Crippen LogP contribution in [0.5, 0.6) is 6.01 Å². The van der Waals surface area contributed by atoms with Gasteiger partial charge in [0, 0.05) is 26.2 Å². The van der Waals surface area contributed by atoms with E-state index in [0.29, 0.717) is 12.5 Å². The van der Waals surface area contributed by atoms with Gasteiger partial charge in [0.15, 0.2) is 0 Å². The smallest absolute Gasteiger partial charge is 0.322 e. The highest BCUT2D eigenvalue weighted by Crippen LogP contribution is 2.16. The van der Waals surface area contributed by atoms with Crippen LogP contribution in [0.1, 0.15) is 0 Å². The van der Waals surface area contributed by atoms with Gasteiger partial charge in [0.1, 0.15) is 0 Å². The molecule has 0 N–H and O–H groups in total. The molecular weight excluding hydrogens is 256 g/mol. The van der Waals surface area contributed by atoms with Crippen LogP contribution in [-0.2, 0) is 0 Å². The predicted octanol–water partition coefficient (Wildman–Crippen LogP) is 0.179. The van der Waals surface area contributed by atoms with Crippen LogP contribution >= 0.6 is 11.6 Å². The number of hydrogen-bond donors (Lipinski definition) is 0. The van der Waals surface area contributed by atoms with Crippen molar-refractivity contribution in [3.8, 4) is 12.1 Å². The summed E-state index contributed by atoms with van der Waals surface area (Å²) < 4.78 is 4.96. The third-order valence-electron chi connectivity index (χ3n) is 2.71. The molecule has 8 heteroatoms. The monoisotopic (exact) mass is 268 g/mol. The molecule has 2 rings (SSSR count). The first-order chi connectivity index (χ1) is 8.72. The van der Waals surface area contributed by atoms with Crippen LogP contribution in [0.25, 0.3) is 0 Å². The SMILES string of the molecule is COc1nc(Cl)nc(N2CCN(CC#N)CC2)n1. The van der Waals surface area contributed by atoms with Crippen molar-refractivity contribution < 1.29 is 4.74 Å². The molecule has 0 spiro atoms. The number of aromatic nitrogens is 3. The van der Waals surface area contributed by atoms with E-state index in [1.165, 1.54) is 7.11 Å². The van der Waals surface area contributed by atoms with Crippen molar-refractivity contribution in [3.63, 3.8) is 0 Å². The quantitative estimate of drug-likeness (QED) is 0.724. The summed E-state index contributed by atoms with van der Waals surface area (Å²) in [7, 11) is 1.49. The van der Waals surface area contributed by atoms with Crippen LogP contribution in [0.15, 0.2) is 0 Å². The molecule has 1 aromatic heterocycles. The average Bonchev–Trinajstić information content (AvgIpc) is 2.39. The molecule has 0 aliphatic carbocycles. The second-order valence-electron chi connectivity index (χ2n) is 3.81. The van der Waals surface area contributed by atoms with Gasteiger partial charge in [-0.1, -0.05) is 0 Å². The number of piperazine rings is 1. The van der Waals surface area contributed by atoms with Gasteiger partial charge in [-0.25, -0.2) is 0 Å². The van der Waals surface area contributed by atoms with Crippen LogP contribution < -0.4 is 9.64 Å². The third-order valence-corrected chi connectivity index (χ3v) is 2.88. The fourth-order valence-electron chi connectivity index (χ4n) is 1.76. The minimum atomic E-state index is 0.122. The highest BCUT2D eigenvalue weighted by molar-refractivity contribution is 6.28. The number of halogens is 1. The topological polar surface area (TPSA) is 78.2 Å². The first-order valence-corrected chi connectivity index (χ1v) is 5.90. The Balaban J connectivity index is 2.05. The maximum atomic E-state index is 8.63. The molecule has 0 bridgehead atoms. The molecule has 1 saturated heterocycles. The van der Waals surface area contributed by atoms with E-state index in [9.17, 15) is 0 Å². The van der Waals surface area contributed by atoms with Gasteiger partial charge in [-0.15, -0.1) is 0 Å². The number of nitriles is 1. The van der Waals surface area contributed by atoms with Crippen molar-refractivity contribution in [2.75, 3.05) is 44.7 Å². The molecule has 2 heterocycles. The van der Waals surface area contributed by atoms with E-state index in [1.54, 1.807) is 0 Å².